The van der Waals surface area contributed by atoms with E-state index >= 15 is 0 Å². The Hall–Kier alpha value is -2.57. The first kappa shape index (κ1) is 14.8. The van der Waals surface area contributed by atoms with Gasteiger partial charge in [0.25, 0.3) is 5.91 Å². The summed E-state index contributed by atoms with van der Waals surface area (Å²) in [5, 5.41) is 5.04. The van der Waals surface area contributed by atoms with Crippen LogP contribution in [-0.4, -0.2) is 17.9 Å². The van der Waals surface area contributed by atoms with Crippen molar-refractivity contribution in [1.29, 1.82) is 0 Å². The standard InChI is InChI=1S/C14H12F3N3O/c1-18-13-11(5-10(16)7-19-13)14(21)20-6-8-4-9(15)2-3-12(8)17/h2-5,7H,6H2,1H3,(H,18,19)(H,20,21). The monoisotopic (exact) mass is 295 g/mol. The first-order chi connectivity index (χ1) is 10.0. The molecule has 0 aliphatic heterocycles. The summed E-state index contributed by atoms with van der Waals surface area (Å²) in [7, 11) is 1.53. The van der Waals surface area contributed by atoms with E-state index in [1.807, 2.05) is 0 Å². The third kappa shape index (κ3) is 3.50. The van der Waals surface area contributed by atoms with E-state index in [2.05, 4.69) is 15.6 Å². The Morgan fingerprint density at radius 1 is 1.19 bits per heavy atom. The van der Waals surface area contributed by atoms with Gasteiger partial charge in [-0.3, -0.25) is 4.79 Å². The minimum Gasteiger partial charge on any atom is -0.372 e. The maximum absolute atomic E-state index is 13.4. The van der Waals surface area contributed by atoms with E-state index in [0.717, 1.165) is 30.5 Å². The molecule has 0 saturated heterocycles. The summed E-state index contributed by atoms with van der Waals surface area (Å²) >= 11 is 0. The van der Waals surface area contributed by atoms with E-state index in [9.17, 15) is 18.0 Å². The van der Waals surface area contributed by atoms with E-state index in [1.54, 1.807) is 0 Å². The molecule has 1 amide bonds. The molecule has 0 unspecified atom stereocenters. The second-order valence-electron chi connectivity index (χ2n) is 4.22. The summed E-state index contributed by atoms with van der Waals surface area (Å²) < 4.78 is 39.6. The molecule has 0 atom stereocenters. The second kappa shape index (κ2) is 6.25. The van der Waals surface area contributed by atoms with E-state index < -0.39 is 23.4 Å². The van der Waals surface area contributed by atoms with Crippen LogP contribution in [0.1, 0.15) is 15.9 Å². The molecule has 2 rings (SSSR count). The number of hydrogen-bond donors (Lipinski definition) is 2. The van der Waals surface area contributed by atoms with Crippen LogP contribution in [0.4, 0.5) is 19.0 Å². The Bertz CT molecular complexity index is 677. The number of rotatable bonds is 4. The molecule has 0 radical (unpaired) electrons. The fraction of sp³-hybridized carbons (Fsp3) is 0.143. The lowest BCUT2D eigenvalue weighted by Crippen LogP contribution is -2.24. The highest BCUT2D eigenvalue weighted by molar-refractivity contribution is 5.98. The van der Waals surface area contributed by atoms with Crippen LogP contribution in [0.5, 0.6) is 0 Å². The molecule has 0 aliphatic rings. The fourth-order valence-corrected chi connectivity index (χ4v) is 1.76. The molecule has 0 fully saturated rings. The zero-order valence-corrected chi connectivity index (χ0v) is 11.1. The van der Waals surface area contributed by atoms with Gasteiger partial charge in [0.05, 0.1) is 11.8 Å². The number of hydrogen-bond acceptors (Lipinski definition) is 3. The highest BCUT2D eigenvalue weighted by Crippen LogP contribution is 2.14. The normalized spacial score (nSPS) is 10.3. The summed E-state index contributed by atoms with van der Waals surface area (Å²) in [4.78, 5) is 15.7. The zero-order chi connectivity index (χ0) is 15.4. The number of carbonyl (C=O) groups excluding carboxylic acids is 1. The Labute approximate surface area is 119 Å². The second-order valence-corrected chi connectivity index (χ2v) is 4.22. The van der Waals surface area contributed by atoms with E-state index in [-0.39, 0.29) is 23.5 Å². The molecular formula is C14H12F3N3O. The molecule has 0 spiro atoms. The Kier molecular flexibility index (Phi) is 4.42. The van der Waals surface area contributed by atoms with Gasteiger partial charge in [0.1, 0.15) is 23.3 Å². The molecule has 1 aromatic heterocycles. The van der Waals surface area contributed by atoms with Crippen LogP contribution >= 0.6 is 0 Å². The van der Waals surface area contributed by atoms with Crippen LogP contribution < -0.4 is 10.6 Å². The number of anilines is 1. The number of benzene rings is 1. The van der Waals surface area contributed by atoms with Crippen LogP contribution in [0.2, 0.25) is 0 Å². The Morgan fingerprint density at radius 3 is 2.67 bits per heavy atom. The summed E-state index contributed by atoms with van der Waals surface area (Å²) in [5.74, 6) is -2.37. The number of aromatic nitrogens is 1. The van der Waals surface area contributed by atoms with Crippen LogP contribution in [0.15, 0.2) is 30.5 Å². The van der Waals surface area contributed by atoms with Crippen molar-refractivity contribution in [2.45, 2.75) is 6.54 Å². The maximum atomic E-state index is 13.4. The summed E-state index contributed by atoms with van der Waals surface area (Å²) in [6.07, 6.45) is 0.967. The summed E-state index contributed by atoms with van der Waals surface area (Å²) in [6.45, 7) is -0.220. The van der Waals surface area contributed by atoms with Crippen LogP contribution in [0.3, 0.4) is 0 Å². The molecule has 0 bridgehead atoms. The third-order valence-corrected chi connectivity index (χ3v) is 2.78. The van der Waals surface area contributed by atoms with Gasteiger partial charge in [-0.25, -0.2) is 18.2 Å². The van der Waals surface area contributed by atoms with E-state index in [0.29, 0.717) is 0 Å². The summed E-state index contributed by atoms with van der Waals surface area (Å²) in [6, 6.07) is 3.95. The molecule has 110 valence electrons. The van der Waals surface area contributed by atoms with Crippen molar-refractivity contribution in [1.82, 2.24) is 10.3 Å². The predicted molar refractivity (Wildman–Crippen MR) is 71.3 cm³/mol. The molecule has 7 heteroatoms. The van der Waals surface area contributed by atoms with Crippen molar-refractivity contribution >= 4 is 11.7 Å². The minimum atomic E-state index is -0.670. The number of amides is 1. The predicted octanol–water partition coefficient (Wildman–Crippen LogP) is 2.47. The van der Waals surface area contributed by atoms with Crippen LogP contribution in [-0.2, 0) is 6.54 Å². The van der Waals surface area contributed by atoms with E-state index in [4.69, 9.17) is 0 Å². The Balaban J connectivity index is 2.15. The SMILES string of the molecule is CNc1ncc(F)cc1C(=O)NCc1cc(F)ccc1F. The lowest BCUT2D eigenvalue weighted by atomic mass is 10.2. The van der Waals surface area contributed by atoms with Gasteiger partial charge in [0, 0.05) is 19.2 Å². The first-order valence-corrected chi connectivity index (χ1v) is 6.06. The zero-order valence-electron chi connectivity index (χ0n) is 11.1. The molecular weight excluding hydrogens is 283 g/mol. The van der Waals surface area contributed by atoms with Crippen molar-refractivity contribution in [2.75, 3.05) is 12.4 Å². The van der Waals surface area contributed by atoms with Gasteiger partial charge in [0.15, 0.2) is 0 Å². The molecule has 1 aromatic carbocycles. The third-order valence-electron chi connectivity index (χ3n) is 2.78. The maximum Gasteiger partial charge on any atom is 0.255 e. The van der Waals surface area contributed by atoms with Crippen LogP contribution in [0.25, 0.3) is 0 Å². The average Bonchev–Trinajstić information content (AvgIpc) is 2.47. The fourth-order valence-electron chi connectivity index (χ4n) is 1.76. The lowest BCUT2D eigenvalue weighted by molar-refractivity contribution is 0.0950. The van der Waals surface area contributed by atoms with Gasteiger partial charge in [-0.15, -0.1) is 0 Å². The number of carbonyl (C=O) groups is 1. The van der Waals surface area contributed by atoms with Gasteiger partial charge in [0.2, 0.25) is 0 Å². The Morgan fingerprint density at radius 2 is 1.95 bits per heavy atom. The number of halogens is 3. The molecule has 4 nitrogen and oxygen atoms in total. The number of nitrogens with zero attached hydrogens (tertiary/aromatic N) is 1. The van der Waals surface area contributed by atoms with E-state index in [1.165, 1.54) is 7.05 Å². The van der Waals surface area contributed by atoms with Gasteiger partial charge >= 0.3 is 0 Å². The molecule has 0 saturated carbocycles. The summed E-state index contributed by atoms with van der Waals surface area (Å²) in [5.41, 5.74) is -0.0203. The molecule has 1 heterocycles. The van der Waals surface area contributed by atoms with Gasteiger partial charge in [-0.2, -0.15) is 0 Å². The van der Waals surface area contributed by atoms with Crippen molar-refractivity contribution in [3.8, 4) is 0 Å². The van der Waals surface area contributed by atoms with Crippen molar-refractivity contribution in [3.05, 3.63) is 59.0 Å². The highest BCUT2D eigenvalue weighted by atomic mass is 19.1. The largest absolute Gasteiger partial charge is 0.372 e. The lowest BCUT2D eigenvalue weighted by Gasteiger charge is -2.09. The minimum absolute atomic E-state index is 0.00119. The number of nitrogens with one attached hydrogen (secondary N) is 2. The highest BCUT2D eigenvalue weighted by Gasteiger charge is 2.14. The van der Waals surface area contributed by atoms with Gasteiger partial charge < -0.3 is 10.6 Å². The molecule has 2 N–H and O–H groups in total. The molecule has 0 aliphatic carbocycles. The van der Waals surface area contributed by atoms with Gasteiger partial charge in [-0.1, -0.05) is 0 Å². The molecule has 2 aromatic rings. The van der Waals surface area contributed by atoms with Gasteiger partial charge in [-0.05, 0) is 24.3 Å². The quantitative estimate of drug-likeness (QED) is 0.911. The van der Waals surface area contributed by atoms with Crippen molar-refractivity contribution in [3.63, 3.8) is 0 Å². The smallest absolute Gasteiger partial charge is 0.255 e. The molecule has 21 heavy (non-hydrogen) atoms. The van der Waals surface area contributed by atoms with Crippen molar-refractivity contribution in [2.24, 2.45) is 0 Å². The number of pyridine rings is 1. The van der Waals surface area contributed by atoms with Crippen molar-refractivity contribution < 1.29 is 18.0 Å². The topological polar surface area (TPSA) is 54.0 Å². The average molecular weight is 295 g/mol. The van der Waals surface area contributed by atoms with Crippen LogP contribution in [0, 0.1) is 17.5 Å². The first-order valence-electron chi connectivity index (χ1n) is 6.06.